The quantitative estimate of drug-likeness (QED) is 0.647. The molecule has 0 saturated heterocycles. The predicted octanol–water partition coefficient (Wildman–Crippen LogP) is 2.86. The van der Waals surface area contributed by atoms with Crippen molar-refractivity contribution in [2.45, 2.75) is 13.0 Å². The van der Waals surface area contributed by atoms with E-state index in [-0.39, 0.29) is 23.0 Å². The summed E-state index contributed by atoms with van der Waals surface area (Å²) in [7, 11) is 0. The van der Waals surface area contributed by atoms with Crippen molar-refractivity contribution in [2.24, 2.45) is 0 Å². The zero-order chi connectivity index (χ0) is 15.4. The van der Waals surface area contributed by atoms with Crippen LogP contribution in [0.25, 0.3) is 0 Å². The molecule has 0 radical (unpaired) electrons. The van der Waals surface area contributed by atoms with Crippen LogP contribution >= 0.6 is 0 Å². The van der Waals surface area contributed by atoms with Gasteiger partial charge in [0, 0.05) is 30.6 Å². The summed E-state index contributed by atoms with van der Waals surface area (Å²) in [6.07, 6.45) is 3.25. The van der Waals surface area contributed by atoms with Gasteiger partial charge in [0.25, 0.3) is 5.69 Å². The number of nitrogens with one attached hydrogen (secondary N) is 1. The Hall–Kier alpha value is -2.96. The van der Waals surface area contributed by atoms with E-state index in [0.29, 0.717) is 0 Å². The molecular formula is C14H13N3O4. The number of non-ortho nitro benzene ring substituents is 1. The number of nitrogens with zero attached hydrogens (tertiary/aromatic N) is 2. The second-order valence-electron chi connectivity index (χ2n) is 4.44. The fraction of sp³-hybridized carbons (Fsp3) is 0.143. The molecule has 1 atom stereocenters. The number of aromatic nitrogens is 1. The predicted molar refractivity (Wildman–Crippen MR) is 76.3 cm³/mol. The Balaban J connectivity index is 2.35. The molecular weight excluding hydrogens is 274 g/mol. The van der Waals surface area contributed by atoms with Crippen molar-refractivity contribution in [2.75, 3.05) is 5.32 Å². The normalized spacial score (nSPS) is 11.7. The van der Waals surface area contributed by atoms with Crippen LogP contribution in [-0.4, -0.2) is 21.0 Å². The van der Waals surface area contributed by atoms with E-state index in [9.17, 15) is 14.9 Å². The van der Waals surface area contributed by atoms with Gasteiger partial charge in [0.1, 0.15) is 0 Å². The lowest BCUT2D eigenvalue weighted by Crippen LogP contribution is -2.11. The van der Waals surface area contributed by atoms with E-state index in [1.165, 1.54) is 18.2 Å². The highest BCUT2D eigenvalue weighted by molar-refractivity contribution is 5.94. The maximum absolute atomic E-state index is 11.2. The Morgan fingerprint density at radius 1 is 1.33 bits per heavy atom. The van der Waals surface area contributed by atoms with Gasteiger partial charge in [-0.05, 0) is 30.7 Å². The number of hydrogen-bond acceptors (Lipinski definition) is 5. The van der Waals surface area contributed by atoms with Crippen LogP contribution in [0.15, 0.2) is 42.7 Å². The van der Waals surface area contributed by atoms with E-state index in [0.717, 1.165) is 5.56 Å². The molecule has 0 bridgehead atoms. The highest BCUT2D eigenvalue weighted by atomic mass is 16.6. The first-order chi connectivity index (χ1) is 9.99. The van der Waals surface area contributed by atoms with Gasteiger partial charge in [0.15, 0.2) is 0 Å². The van der Waals surface area contributed by atoms with Gasteiger partial charge in [-0.3, -0.25) is 15.1 Å². The van der Waals surface area contributed by atoms with Gasteiger partial charge < -0.3 is 10.4 Å². The largest absolute Gasteiger partial charge is 0.478 e. The van der Waals surface area contributed by atoms with E-state index in [2.05, 4.69) is 10.3 Å². The molecule has 0 saturated carbocycles. The molecule has 1 aromatic carbocycles. The van der Waals surface area contributed by atoms with Crippen LogP contribution in [0.1, 0.15) is 28.9 Å². The minimum Gasteiger partial charge on any atom is -0.478 e. The minimum absolute atomic E-state index is 0.0125. The summed E-state index contributed by atoms with van der Waals surface area (Å²) in [6.45, 7) is 1.83. The molecule has 0 aliphatic heterocycles. The number of carboxylic acids is 1. The van der Waals surface area contributed by atoms with E-state index in [4.69, 9.17) is 5.11 Å². The highest BCUT2D eigenvalue weighted by Crippen LogP contribution is 2.26. The van der Waals surface area contributed by atoms with Crippen LogP contribution in [-0.2, 0) is 0 Å². The lowest BCUT2D eigenvalue weighted by Gasteiger charge is -2.17. The first kappa shape index (κ1) is 14.4. The second-order valence-corrected chi connectivity index (χ2v) is 4.44. The third-order valence-electron chi connectivity index (χ3n) is 3.02. The van der Waals surface area contributed by atoms with Crippen LogP contribution in [0.3, 0.4) is 0 Å². The Bertz CT molecular complexity index is 673. The first-order valence-electron chi connectivity index (χ1n) is 6.17. The number of pyridine rings is 1. The fourth-order valence-electron chi connectivity index (χ4n) is 1.92. The van der Waals surface area contributed by atoms with Crippen molar-refractivity contribution in [1.82, 2.24) is 4.98 Å². The average molecular weight is 287 g/mol. The maximum atomic E-state index is 11.2. The Morgan fingerprint density at radius 2 is 2.00 bits per heavy atom. The average Bonchev–Trinajstić information content (AvgIpc) is 2.47. The summed E-state index contributed by atoms with van der Waals surface area (Å²) in [5.74, 6) is -1.14. The summed E-state index contributed by atoms with van der Waals surface area (Å²) in [6, 6.07) is 6.98. The van der Waals surface area contributed by atoms with Crippen LogP contribution in [0, 0.1) is 10.1 Å². The monoisotopic (exact) mass is 287 g/mol. The third-order valence-corrected chi connectivity index (χ3v) is 3.02. The molecule has 0 aliphatic carbocycles. The standard InChI is InChI=1S/C14H13N3O4/c1-9(10-4-6-15-7-5-10)16-13-8-11(17(20)21)2-3-12(13)14(18)19/h2-9,16H,1H3,(H,18,19). The third kappa shape index (κ3) is 3.33. The lowest BCUT2D eigenvalue weighted by atomic mass is 10.1. The van der Waals surface area contributed by atoms with Crippen LogP contribution in [0.5, 0.6) is 0 Å². The number of aromatic carboxylic acids is 1. The lowest BCUT2D eigenvalue weighted by molar-refractivity contribution is -0.384. The van der Waals surface area contributed by atoms with Gasteiger partial charge in [-0.15, -0.1) is 0 Å². The molecule has 2 aromatic rings. The number of nitro groups is 1. The van der Waals surface area contributed by atoms with E-state index < -0.39 is 10.9 Å². The molecule has 2 rings (SSSR count). The maximum Gasteiger partial charge on any atom is 0.337 e. The van der Waals surface area contributed by atoms with E-state index in [1.807, 2.05) is 6.92 Å². The Morgan fingerprint density at radius 3 is 2.57 bits per heavy atom. The van der Waals surface area contributed by atoms with Gasteiger partial charge in [0.2, 0.25) is 0 Å². The topological polar surface area (TPSA) is 105 Å². The Labute approximate surface area is 120 Å². The molecule has 108 valence electrons. The van der Waals surface area contributed by atoms with Gasteiger partial charge in [-0.2, -0.15) is 0 Å². The number of nitro benzene ring substituents is 1. The highest BCUT2D eigenvalue weighted by Gasteiger charge is 2.17. The Kier molecular flexibility index (Phi) is 4.13. The number of hydrogen-bond donors (Lipinski definition) is 2. The van der Waals surface area contributed by atoms with Gasteiger partial charge >= 0.3 is 5.97 Å². The van der Waals surface area contributed by atoms with E-state index in [1.54, 1.807) is 24.5 Å². The molecule has 21 heavy (non-hydrogen) atoms. The van der Waals surface area contributed by atoms with Gasteiger partial charge in [0.05, 0.1) is 16.2 Å². The number of carbonyl (C=O) groups is 1. The molecule has 0 amide bonds. The minimum atomic E-state index is -1.14. The van der Waals surface area contributed by atoms with Crippen LogP contribution in [0.2, 0.25) is 0 Å². The van der Waals surface area contributed by atoms with Crippen LogP contribution in [0.4, 0.5) is 11.4 Å². The van der Waals surface area contributed by atoms with Crippen LogP contribution < -0.4 is 5.32 Å². The van der Waals surface area contributed by atoms with Crippen molar-refractivity contribution in [1.29, 1.82) is 0 Å². The van der Waals surface area contributed by atoms with Crippen molar-refractivity contribution in [3.63, 3.8) is 0 Å². The second kappa shape index (κ2) is 6.00. The summed E-state index contributed by atoms with van der Waals surface area (Å²) in [5.41, 5.74) is 0.930. The van der Waals surface area contributed by atoms with Crippen molar-refractivity contribution in [3.8, 4) is 0 Å². The molecule has 7 nitrogen and oxygen atoms in total. The molecule has 0 spiro atoms. The molecule has 7 heteroatoms. The first-order valence-corrected chi connectivity index (χ1v) is 6.17. The number of carboxylic acid groups (broad SMARTS) is 1. The molecule has 0 aliphatic rings. The zero-order valence-corrected chi connectivity index (χ0v) is 11.2. The molecule has 1 unspecified atom stereocenters. The van der Waals surface area contributed by atoms with Crippen molar-refractivity contribution >= 4 is 17.3 Å². The molecule has 2 N–H and O–H groups in total. The number of anilines is 1. The fourth-order valence-corrected chi connectivity index (χ4v) is 1.92. The van der Waals surface area contributed by atoms with Crippen molar-refractivity contribution < 1.29 is 14.8 Å². The number of rotatable bonds is 5. The smallest absolute Gasteiger partial charge is 0.337 e. The molecule has 1 heterocycles. The summed E-state index contributed by atoms with van der Waals surface area (Å²) in [4.78, 5) is 25.4. The SMILES string of the molecule is CC(Nc1cc([N+](=O)[O-])ccc1C(=O)O)c1ccncc1. The zero-order valence-electron chi connectivity index (χ0n) is 11.2. The van der Waals surface area contributed by atoms with Crippen molar-refractivity contribution in [3.05, 3.63) is 64.0 Å². The van der Waals surface area contributed by atoms with Gasteiger partial charge in [-0.1, -0.05) is 0 Å². The molecule has 1 aromatic heterocycles. The van der Waals surface area contributed by atoms with Gasteiger partial charge in [-0.25, -0.2) is 4.79 Å². The number of benzene rings is 1. The molecule has 0 fully saturated rings. The summed E-state index contributed by atoms with van der Waals surface area (Å²) in [5, 5.41) is 23.0. The summed E-state index contributed by atoms with van der Waals surface area (Å²) >= 11 is 0. The van der Waals surface area contributed by atoms with E-state index >= 15 is 0 Å². The summed E-state index contributed by atoms with van der Waals surface area (Å²) < 4.78 is 0.